The maximum atomic E-state index is 10.1. The Hall–Kier alpha value is -1.66. The molecule has 0 bridgehead atoms. The van der Waals surface area contributed by atoms with Crippen molar-refractivity contribution in [2.45, 2.75) is 6.54 Å². The van der Waals surface area contributed by atoms with Crippen LogP contribution in [-0.2, 0) is 6.54 Å². The Morgan fingerprint density at radius 3 is 3.18 bits per heavy atom. The Morgan fingerprint density at radius 2 is 2.55 bits per heavy atom. The lowest BCUT2D eigenvalue weighted by molar-refractivity contribution is -0.394. The lowest BCUT2D eigenvalue weighted by Gasteiger charge is -1.84. The molecule has 0 unspecified atom stereocenters. The number of aromatic nitrogens is 3. The van der Waals surface area contributed by atoms with E-state index < -0.39 is 10.9 Å². The Morgan fingerprint density at radius 1 is 1.73 bits per heavy atom. The van der Waals surface area contributed by atoms with Crippen LogP contribution in [0, 0.1) is 10.1 Å². The summed E-state index contributed by atoms with van der Waals surface area (Å²) in [4.78, 5) is 13.0. The molecule has 1 aromatic heterocycles. The fourth-order valence-corrected chi connectivity index (χ4v) is 0.870. The number of hydrogen-bond acceptors (Lipinski definition) is 5. The van der Waals surface area contributed by atoms with Crippen LogP contribution in [0.2, 0.25) is 0 Å². The quantitative estimate of drug-likeness (QED) is 0.407. The first-order valence-corrected chi connectivity index (χ1v) is 2.99. The second-order valence-electron chi connectivity index (χ2n) is 2.02. The van der Waals surface area contributed by atoms with E-state index in [1.54, 1.807) is 0 Å². The molecular formula is C4H4N4O3. The van der Waals surface area contributed by atoms with Crippen molar-refractivity contribution in [3.63, 3.8) is 0 Å². The van der Waals surface area contributed by atoms with Crippen LogP contribution in [0.15, 0.2) is 0 Å². The first-order chi connectivity index (χ1) is 5.27. The van der Waals surface area contributed by atoms with E-state index in [9.17, 15) is 10.1 Å². The second-order valence-corrected chi connectivity index (χ2v) is 2.02. The predicted molar refractivity (Wildman–Crippen MR) is 32.2 cm³/mol. The first kappa shape index (κ1) is 6.08. The highest BCUT2D eigenvalue weighted by Crippen LogP contribution is 2.16. The number of rotatable bonds is 1. The second kappa shape index (κ2) is 1.91. The number of hydrogen-bond donors (Lipinski definition) is 0. The maximum Gasteiger partial charge on any atom is 0.494 e. The molecule has 0 amide bonds. The molecular weight excluding hydrogens is 152 g/mol. The summed E-state index contributed by atoms with van der Waals surface area (Å²) in [5.74, 6) is -0.403. The third-order valence-corrected chi connectivity index (χ3v) is 1.32. The van der Waals surface area contributed by atoms with Crippen LogP contribution in [0.3, 0.4) is 0 Å². The van der Waals surface area contributed by atoms with Crippen molar-refractivity contribution in [1.82, 2.24) is 14.8 Å². The predicted octanol–water partition coefficient (Wildman–Crippen LogP) is -0.421. The van der Waals surface area contributed by atoms with Crippen molar-refractivity contribution in [3.05, 3.63) is 10.1 Å². The van der Waals surface area contributed by atoms with Crippen LogP contribution in [0.1, 0.15) is 0 Å². The van der Waals surface area contributed by atoms with Crippen molar-refractivity contribution < 1.29 is 9.66 Å². The lowest BCUT2D eigenvalue weighted by Crippen LogP contribution is -1.98. The monoisotopic (exact) mass is 156 g/mol. The molecule has 2 rings (SSSR count). The van der Waals surface area contributed by atoms with Crippen molar-refractivity contribution in [3.8, 4) is 6.01 Å². The van der Waals surface area contributed by atoms with E-state index >= 15 is 0 Å². The lowest BCUT2D eigenvalue weighted by atomic mass is 10.7. The molecule has 0 aromatic carbocycles. The average Bonchev–Trinajstić information content (AvgIpc) is 2.40. The zero-order valence-corrected chi connectivity index (χ0v) is 5.43. The molecule has 2 heterocycles. The van der Waals surface area contributed by atoms with Gasteiger partial charge in [0.2, 0.25) is 0 Å². The van der Waals surface area contributed by atoms with Crippen molar-refractivity contribution in [2.75, 3.05) is 6.61 Å². The molecule has 7 heteroatoms. The summed E-state index contributed by atoms with van der Waals surface area (Å²) in [6.07, 6.45) is 0. The molecule has 1 aliphatic heterocycles. The number of nitro groups is 1. The smallest absolute Gasteiger partial charge is 0.448 e. The van der Waals surface area contributed by atoms with Gasteiger partial charge in [0.15, 0.2) is 0 Å². The highest BCUT2D eigenvalue weighted by atomic mass is 16.6. The topological polar surface area (TPSA) is 83.1 Å². The summed E-state index contributed by atoms with van der Waals surface area (Å²) in [7, 11) is 0. The van der Waals surface area contributed by atoms with Gasteiger partial charge >= 0.3 is 12.0 Å². The van der Waals surface area contributed by atoms with Crippen molar-refractivity contribution >= 4 is 5.95 Å². The van der Waals surface area contributed by atoms with Gasteiger partial charge in [0.05, 0.1) is 6.54 Å². The van der Waals surface area contributed by atoms with Gasteiger partial charge < -0.3 is 14.9 Å². The van der Waals surface area contributed by atoms with Gasteiger partial charge in [0.25, 0.3) is 0 Å². The highest BCUT2D eigenvalue weighted by Gasteiger charge is 2.26. The molecule has 7 nitrogen and oxygen atoms in total. The first-order valence-electron chi connectivity index (χ1n) is 2.99. The van der Waals surface area contributed by atoms with Gasteiger partial charge in [-0.25, -0.2) is 0 Å². The van der Waals surface area contributed by atoms with Gasteiger partial charge in [-0.1, -0.05) is 0 Å². The van der Waals surface area contributed by atoms with E-state index in [1.165, 1.54) is 4.68 Å². The molecule has 1 aliphatic rings. The zero-order valence-electron chi connectivity index (χ0n) is 5.43. The van der Waals surface area contributed by atoms with Gasteiger partial charge in [0, 0.05) is 5.10 Å². The van der Waals surface area contributed by atoms with E-state index in [0.29, 0.717) is 13.2 Å². The largest absolute Gasteiger partial charge is 0.494 e. The van der Waals surface area contributed by atoms with Gasteiger partial charge in [-0.2, -0.15) is 0 Å². The summed E-state index contributed by atoms with van der Waals surface area (Å²) >= 11 is 0. The number of ether oxygens (including phenoxy) is 1. The Bertz CT molecular complexity index is 285. The zero-order chi connectivity index (χ0) is 7.84. The van der Waals surface area contributed by atoms with Gasteiger partial charge in [-0.3, -0.25) is 0 Å². The maximum absolute atomic E-state index is 10.1. The molecule has 0 radical (unpaired) electrons. The summed E-state index contributed by atoms with van der Waals surface area (Å²) in [6, 6.07) is 0.233. The standard InChI is InChI=1S/C4H4N4O3/c9-8(10)3-5-4-7(6-3)1-2-11-4/h1-2H2. The van der Waals surface area contributed by atoms with Gasteiger partial charge in [-0.05, 0) is 9.91 Å². The molecule has 0 saturated carbocycles. The normalized spacial score (nSPS) is 14.2. The molecule has 58 valence electrons. The van der Waals surface area contributed by atoms with Crippen LogP contribution < -0.4 is 4.74 Å². The van der Waals surface area contributed by atoms with Crippen molar-refractivity contribution in [1.29, 1.82) is 0 Å². The Labute approximate surface area is 60.7 Å². The van der Waals surface area contributed by atoms with Crippen LogP contribution in [-0.4, -0.2) is 26.3 Å². The molecule has 0 spiro atoms. The summed E-state index contributed by atoms with van der Waals surface area (Å²) < 4.78 is 6.29. The summed E-state index contributed by atoms with van der Waals surface area (Å²) in [5, 5.41) is 13.7. The number of fused-ring (bicyclic) bond motifs is 1. The SMILES string of the molecule is O=[N+]([O-])c1nc2n(n1)CCO2. The number of nitrogens with zero attached hydrogens (tertiary/aromatic N) is 4. The fraction of sp³-hybridized carbons (Fsp3) is 0.500. The minimum Gasteiger partial charge on any atom is -0.448 e. The van der Waals surface area contributed by atoms with Crippen molar-refractivity contribution in [2.24, 2.45) is 0 Å². The molecule has 0 N–H and O–H groups in total. The van der Waals surface area contributed by atoms with Crippen LogP contribution >= 0.6 is 0 Å². The third kappa shape index (κ3) is 0.810. The molecule has 0 aliphatic carbocycles. The molecule has 0 saturated heterocycles. The van der Waals surface area contributed by atoms with E-state index in [0.717, 1.165) is 0 Å². The van der Waals surface area contributed by atoms with Crippen LogP contribution in [0.25, 0.3) is 0 Å². The van der Waals surface area contributed by atoms with Gasteiger partial charge in [-0.15, -0.1) is 4.68 Å². The van der Waals surface area contributed by atoms with E-state index in [1.807, 2.05) is 0 Å². The molecule has 0 fully saturated rings. The molecule has 11 heavy (non-hydrogen) atoms. The molecule has 0 atom stereocenters. The summed E-state index contributed by atoms with van der Waals surface area (Å²) in [6.45, 7) is 1.03. The van der Waals surface area contributed by atoms with Gasteiger partial charge in [0.1, 0.15) is 6.61 Å². The fourth-order valence-electron chi connectivity index (χ4n) is 0.870. The minimum atomic E-state index is -0.644. The Balaban J connectivity index is 2.42. The average molecular weight is 156 g/mol. The minimum absolute atomic E-state index is 0.233. The van der Waals surface area contributed by atoms with E-state index in [2.05, 4.69) is 10.1 Å². The van der Waals surface area contributed by atoms with E-state index in [-0.39, 0.29) is 6.01 Å². The highest BCUT2D eigenvalue weighted by molar-refractivity contribution is 5.10. The van der Waals surface area contributed by atoms with Crippen LogP contribution in [0.5, 0.6) is 6.01 Å². The van der Waals surface area contributed by atoms with E-state index in [4.69, 9.17) is 4.74 Å². The Kier molecular flexibility index (Phi) is 1.05. The van der Waals surface area contributed by atoms with Crippen LogP contribution in [0.4, 0.5) is 5.95 Å². The summed E-state index contributed by atoms with van der Waals surface area (Å²) in [5.41, 5.74) is 0. The molecule has 1 aromatic rings. The third-order valence-electron chi connectivity index (χ3n) is 1.32.